The number of nitrogens with one attached hydrogen (secondary N) is 2. The lowest BCUT2D eigenvalue weighted by Gasteiger charge is -2.26. The second-order valence-corrected chi connectivity index (χ2v) is 7.15. The molecule has 0 spiro atoms. The van der Waals surface area contributed by atoms with Gasteiger partial charge in [0.2, 0.25) is 0 Å². The van der Waals surface area contributed by atoms with Crippen molar-refractivity contribution in [1.82, 2.24) is 9.97 Å². The topological polar surface area (TPSA) is 79.1 Å². The molecule has 4 aromatic rings. The van der Waals surface area contributed by atoms with Crippen molar-refractivity contribution < 1.29 is 0 Å². The molecule has 0 saturated heterocycles. The number of rotatable bonds is 6. The highest BCUT2D eigenvalue weighted by atomic mass is 79.9. The number of hydrazine groups is 1. The van der Waals surface area contributed by atoms with Gasteiger partial charge in [-0.2, -0.15) is 0 Å². The van der Waals surface area contributed by atoms with E-state index in [0.717, 1.165) is 21.5 Å². The first-order chi connectivity index (χ1) is 14.2. The van der Waals surface area contributed by atoms with Gasteiger partial charge in [0.25, 0.3) is 0 Å². The van der Waals surface area contributed by atoms with E-state index in [2.05, 4.69) is 36.6 Å². The second-order valence-electron chi connectivity index (χ2n) is 6.23. The summed E-state index contributed by atoms with van der Waals surface area (Å²) < 4.78 is 1.00. The lowest BCUT2D eigenvalue weighted by molar-refractivity contribution is 1.09. The SMILES string of the molecule is Nc1c(Nc2ccc(Br)cc2)ncnc1NN(c1ccccc1)c1ccccc1. The maximum Gasteiger partial charge on any atom is 0.173 e. The van der Waals surface area contributed by atoms with Crippen LogP contribution >= 0.6 is 15.9 Å². The van der Waals surface area contributed by atoms with E-state index in [-0.39, 0.29) is 0 Å². The number of halogens is 1. The summed E-state index contributed by atoms with van der Waals surface area (Å²) in [5.41, 5.74) is 12.9. The Labute approximate surface area is 177 Å². The minimum absolute atomic E-state index is 0.423. The summed E-state index contributed by atoms with van der Waals surface area (Å²) in [5, 5.41) is 5.17. The summed E-state index contributed by atoms with van der Waals surface area (Å²) in [5.74, 6) is 1.04. The molecule has 0 aliphatic carbocycles. The Morgan fingerprint density at radius 2 is 1.28 bits per heavy atom. The largest absolute Gasteiger partial charge is 0.393 e. The van der Waals surface area contributed by atoms with E-state index in [9.17, 15) is 0 Å². The Balaban J connectivity index is 1.65. The Hall–Kier alpha value is -3.58. The molecule has 0 fully saturated rings. The summed E-state index contributed by atoms with van der Waals surface area (Å²) in [7, 11) is 0. The number of nitrogen functional groups attached to an aromatic ring is 1. The van der Waals surface area contributed by atoms with E-state index < -0.39 is 0 Å². The van der Waals surface area contributed by atoms with Crippen molar-refractivity contribution in [2.24, 2.45) is 0 Å². The quantitative estimate of drug-likeness (QED) is 0.328. The van der Waals surface area contributed by atoms with Gasteiger partial charge in [-0.3, -0.25) is 10.4 Å². The third kappa shape index (κ3) is 4.47. The number of nitrogens with zero attached hydrogens (tertiary/aromatic N) is 3. The zero-order valence-electron chi connectivity index (χ0n) is 15.5. The Bertz CT molecular complexity index is 1030. The van der Waals surface area contributed by atoms with Crippen LogP contribution in [-0.4, -0.2) is 9.97 Å². The average Bonchev–Trinajstić information content (AvgIpc) is 2.77. The molecule has 4 rings (SSSR count). The zero-order valence-corrected chi connectivity index (χ0v) is 17.0. The van der Waals surface area contributed by atoms with Crippen molar-refractivity contribution >= 4 is 50.3 Å². The Morgan fingerprint density at radius 3 is 1.86 bits per heavy atom. The van der Waals surface area contributed by atoms with Gasteiger partial charge in [0.05, 0.1) is 11.4 Å². The highest BCUT2D eigenvalue weighted by Crippen LogP contribution is 2.30. The number of para-hydroxylation sites is 2. The van der Waals surface area contributed by atoms with Gasteiger partial charge in [0, 0.05) is 10.2 Å². The summed E-state index contributed by atoms with van der Waals surface area (Å²) in [6.07, 6.45) is 1.48. The highest BCUT2D eigenvalue weighted by Gasteiger charge is 2.14. The molecule has 0 aliphatic rings. The molecule has 144 valence electrons. The second kappa shape index (κ2) is 8.62. The van der Waals surface area contributed by atoms with E-state index in [1.807, 2.05) is 89.9 Å². The van der Waals surface area contributed by atoms with Gasteiger partial charge in [-0.1, -0.05) is 52.3 Å². The van der Waals surface area contributed by atoms with E-state index in [4.69, 9.17) is 5.73 Å². The van der Waals surface area contributed by atoms with Crippen molar-refractivity contribution in [3.63, 3.8) is 0 Å². The van der Waals surface area contributed by atoms with Crippen molar-refractivity contribution in [2.75, 3.05) is 21.5 Å². The van der Waals surface area contributed by atoms with Crippen LogP contribution in [0, 0.1) is 0 Å². The fourth-order valence-electron chi connectivity index (χ4n) is 2.79. The standard InChI is InChI=1S/C22H19BrN6/c23-16-11-13-17(14-12-16)27-21-20(24)22(26-15-25-21)28-29(18-7-3-1-4-8-18)19-9-5-2-6-10-19/h1-15H,24H2,(H2,25,26,27,28). The summed E-state index contributed by atoms with van der Waals surface area (Å²) >= 11 is 3.43. The fraction of sp³-hybridized carbons (Fsp3) is 0. The molecule has 0 aliphatic heterocycles. The smallest absolute Gasteiger partial charge is 0.173 e. The lowest BCUT2D eigenvalue weighted by atomic mass is 10.2. The highest BCUT2D eigenvalue weighted by molar-refractivity contribution is 9.10. The predicted molar refractivity (Wildman–Crippen MR) is 123 cm³/mol. The van der Waals surface area contributed by atoms with E-state index in [0.29, 0.717) is 17.3 Å². The average molecular weight is 447 g/mol. The van der Waals surface area contributed by atoms with Gasteiger partial charge in [0.1, 0.15) is 12.0 Å². The van der Waals surface area contributed by atoms with Crippen LogP contribution in [0.4, 0.5) is 34.4 Å². The van der Waals surface area contributed by atoms with Gasteiger partial charge < -0.3 is 11.1 Å². The van der Waals surface area contributed by atoms with Gasteiger partial charge >= 0.3 is 0 Å². The van der Waals surface area contributed by atoms with Crippen LogP contribution in [0.2, 0.25) is 0 Å². The molecule has 0 atom stereocenters. The minimum atomic E-state index is 0.423. The number of hydrogen-bond acceptors (Lipinski definition) is 6. The molecule has 0 bridgehead atoms. The monoisotopic (exact) mass is 446 g/mol. The van der Waals surface area contributed by atoms with Crippen molar-refractivity contribution in [3.8, 4) is 0 Å². The summed E-state index contributed by atoms with van der Waals surface area (Å²) in [6, 6.07) is 27.7. The molecular weight excluding hydrogens is 428 g/mol. The lowest BCUT2D eigenvalue weighted by Crippen LogP contribution is -2.26. The van der Waals surface area contributed by atoms with Gasteiger partial charge in [0.15, 0.2) is 11.6 Å². The van der Waals surface area contributed by atoms with Gasteiger partial charge in [-0.05, 0) is 48.5 Å². The number of nitrogens with two attached hydrogens (primary N) is 1. The molecule has 4 N–H and O–H groups in total. The summed E-state index contributed by atoms with van der Waals surface area (Å²) in [4.78, 5) is 8.64. The fourth-order valence-corrected chi connectivity index (χ4v) is 3.06. The van der Waals surface area contributed by atoms with E-state index in [1.165, 1.54) is 6.33 Å². The van der Waals surface area contributed by atoms with Crippen LogP contribution in [0.3, 0.4) is 0 Å². The molecular formula is C22H19BrN6. The van der Waals surface area contributed by atoms with Crippen LogP contribution in [0.5, 0.6) is 0 Å². The van der Waals surface area contributed by atoms with Crippen LogP contribution in [-0.2, 0) is 0 Å². The normalized spacial score (nSPS) is 10.4. The molecule has 6 nitrogen and oxygen atoms in total. The molecule has 7 heteroatoms. The molecule has 1 aromatic heterocycles. The zero-order chi connectivity index (χ0) is 20.1. The van der Waals surface area contributed by atoms with Crippen LogP contribution in [0.25, 0.3) is 0 Å². The first kappa shape index (κ1) is 18.8. The van der Waals surface area contributed by atoms with Crippen LogP contribution < -0.4 is 21.5 Å². The van der Waals surface area contributed by atoms with Gasteiger partial charge in [-0.25, -0.2) is 9.97 Å². The van der Waals surface area contributed by atoms with Crippen molar-refractivity contribution in [3.05, 3.63) is 95.7 Å². The molecule has 3 aromatic carbocycles. The molecule has 0 radical (unpaired) electrons. The van der Waals surface area contributed by atoms with E-state index >= 15 is 0 Å². The van der Waals surface area contributed by atoms with Crippen LogP contribution in [0.1, 0.15) is 0 Å². The molecule has 0 unspecified atom stereocenters. The third-order valence-electron chi connectivity index (χ3n) is 4.24. The number of benzene rings is 3. The van der Waals surface area contributed by atoms with E-state index in [1.54, 1.807) is 0 Å². The summed E-state index contributed by atoms with van der Waals surface area (Å²) in [6.45, 7) is 0. The molecule has 1 heterocycles. The third-order valence-corrected chi connectivity index (χ3v) is 4.77. The first-order valence-electron chi connectivity index (χ1n) is 9.00. The minimum Gasteiger partial charge on any atom is -0.393 e. The number of hydrogen-bond donors (Lipinski definition) is 3. The van der Waals surface area contributed by atoms with Crippen molar-refractivity contribution in [2.45, 2.75) is 0 Å². The maximum absolute atomic E-state index is 6.38. The van der Waals surface area contributed by atoms with Crippen LogP contribution in [0.15, 0.2) is 95.7 Å². The Kier molecular flexibility index (Phi) is 5.58. The Morgan fingerprint density at radius 1 is 0.724 bits per heavy atom. The van der Waals surface area contributed by atoms with Gasteiger partial charge in [-0.15, -0.1) is 0 Å². The molecule has 29 heavy (non-hydrogen) atoms. The predicted octanol–water partition coefficient (Wildman–Crippen LogP) is 5.73. The molecule has 0 amide bonds. The first-order valence-corrected chi connectivity index (χ1v) is 9.80. The number of aromatic nitrogens is 2. The number of anilines is 6. The van der Waals surface area contributed by atoms with Crippen molar-refractivity contribution in [1.29, 1.82) is 0 Å². The maximum atomic E-state index is 6.38. The molecule has 0 saturated carbocycles.